The van der Waals surface area contributed by atoms with E-state index in [0.29, 0.717) is 18.4 Å². The van der Waals surface area contributed by atoms with E-state index in [9.17, 15) is 4.79 Å². The average Bonchev–Trinajstić information content (AvgIpc) is 3.01. The number of fused-ring (bicyclic) bond motifs is 2. The van der Waals surface area contributed by atoms with Crippen molar-refractivity contribution in [1.29, 1.82) is 0 Å². The van der Waals surface area contributed by atoms with Gasteiger partial charge in [0.1, 0.15) is 0 Å². The fourth-order valence-electron chi connectivity index (χ4n) is 2.91. The molecule has 3 atom stereocenters. The fraction of sp³-hybridized carbons (Fsp3) is 0.769. The fourth-order valence-corrected chi connectivity index (χ4v) is 4.08. The number of allylic oxidation sites excluding steroid dienone is 2. The minimum absolute atomic E-state index is 0.0140. The zero-order valence-corrected chi connectivity index (χ0v) is 12.3. The van der Waals surface area contributed by atoms with Crippen molar-refractivity contribution in [2.45, 2.75) is 25.3 Å². The Hall–Kier alpha value is -0.653. The van der Waals surface area contributed by atoms with Crippen LogP contribution < -0.4 is 0 Å². The van der Waals surface area contributed by atoms with Gasteiger partial charge in [-0.3, -0.25) is 4.79 Å². The van der Waals surface area contributed by atoms with Crippen LogP contribution in [0.4, 0.5) is 0 Å². The molecule has 2 aliphatic rings. The van der Waals surface area contributed by atoms with Crippen molar-refractivity contribution in [3.05, 3.63) is 12.2 Å². The summed E-state index contributed by atoms with van der Waals surface area (Å²) in [7, 11) is 1.85. The number of carbonyl (C=O) groups is 1. The lowest BCUT2D eigenvalue weighted by molar-refractivity contribution is -0.149. The van der Waals surface area contributed by atoms with Crippen molar-refractivity contribution in [1.82, 2.24) is 0 Å². The highest BCUT2D eigenvalue weighted by Crippen LogP contribution is 2.43. The first-order valence-corrected chi connectivity index (χ1v) is 8.41. The summed E-state index contributed by atoms with van der Waals surface area (Å²) in [5, 5.41) is 0. The zero-order valence-electron chi connectivity index (χ0n) is 11.1. The van der Waals surface area contributed by atoms with Gasteiger partial charge < -0.3 is 13.6 Å². The molecule has 18 heavy (non-hydrogen) atoms. The molecule has 3 unspecified atom stereocenters. The Balaban J connectivity index is 1.62. The highest BCUT2D eigenvalue weighted by Gasteiger charge is 2.40. The second kappa shape index (κ2) is 6.50. The van der Waals surface area contributed by atoms with E-state index in [-0.39, 0.29) is 11.9 Å². The van der Waals surface area contributed by atoms with Crippen LogP contribution in [0.15, 0.2) is 12.2 Å². The highest BCUT2D eigenvalue weighted by molar-refractivity contribution is 6.44. The summed E-state index contributed by atoms with van der Waals surface area (Å²) in [6, 6.07) is 0.886. The van der Waals surface area contributed by atoms with E-state index in [0.717, 1.165) is 25.3 Å². The van der Waals surface area contributed by atoms with E-state index in [1.54, 1.807) is 14.2 Å². The van der Waals surface area contributed by atoms with E-state index in [2.05, 4.69) is 12.2 Å². The number of esters is 1. The van der Waals surface area contributed by atoms with Gasteiger partial charge in [-0.2, -0.15) is 0 Å². The molecule has 102 valence electrons. The largest absolute Gasteiger partial charge is 0.465 e. The van der Waals surface area contributed by atoms with Crippen molar-refractivity contribution >= 4 is 15.3 Å². The van der Waals surface area contributed by atoms with Crippen molar-refractivity contribution in [2.24, 2.45) is 17.8 Å². The van der Waals surface area contributed by atoms with Gasteiger partial charge in [-0.1, -0.05) is 12.2 Å². The first kappa shape index (κ1) is 13.8. The first-order valence-electron chi connectivity index (χ1n) is 6.65. The molecule has 2 bridgehead atoms. The Labute approximate surface area is 110 Å². The molecule has 0 saturated heterocycles. The molecule has 0 aromatic carbocycles. The Kier molecular flexibility index (Phi) is 4.97. The Bertz CT molecular complexity index is 314. The second-order valence-corrected chi connectivity index (χ2v) is 7.48. The third-order valence-electron chi connectivity index (χ3n) is 3.94. The topological polar surface area (TPSA) is 44.8 Å². The van der Waals surface area contributed by atoms with Gasteiger partial charge in [-0.15, -0.1) is 0 Å². The molecule has 0 aromatic rings. The lowest BCUT2D eigenvalue weighted by Gasteiger charge is -2.17. The van der Waals surface area contributed by atoms with E-state index in [1.807, 2.05) is 0 Å². The van der Waals surface area contributed by atoms with Crippen LogP contribution in [-0.4, -0.2) is 36.1 Å². The van der Waals surface area contributed by atoms with Crippen LogP contribution in [-0.2, 0) is 18.4 Å². The molecule has 0 aromatic heterocycles. The predicted octanol–water partition coefficient (Wildman–Crippen LogP) is 1.65. The summed E-state index contributed by atoms with van der Waals surface area (Å²) in [5.41, 5.74) is 0. The van der Waals surface area contributed by atoms with E-state index < -0.39 is 9.28 Å². The summed E-state index contributed by atoms with van der Waals surface area (Å²) < 4.78 is 15.8. The molecule has 0 spiro atoms. The predicted molar refractivity (Wildman–Crippen MR) is 70.4 cm³/mol. The lowest BCUT2D eigenvalue weighted by Crippen LogP contribution is -2.23. The Morgan fingerprint density at radius 2 is 2.06 bits per heavy atom. The van der Waals surface area contributed by atoms with Gasteiger partial charge in [0.2, 0.25) is 0 Å². The summed E-state index contributed by atoms with van der Waals surface area (Å²) >= 11 is 0. The van der Waals surface area contributed by atoms with Crippen LogP contribution in [0.5, 0.6) is 0 Å². The standard InChI is InChI=1S/C13H22O4Si/c1-15-18(16-2)7-3-6-17-13(14)12-9-10-4-5-11(12)8-10/h4-5,10-12,18H,3,6-9H2,1-2H3. The van der Waals surface area contributed by atoms with Crippen LogP contribution >= 0.6 is 0 Å². The van der Waals surface area contributed by atoms with Gasteiger partial charge in [0.25, 0.3) is 0 Å². The summed E-state index contributed by atoms with van der Waals surface area (Å²) in [5.74, 6) is 1.15. The SMILES string of the molecule is CO[SiH](CCCOC(=O)C1CC2C=CC1C2)OC. The molecule has 5 heteroatoms. The lowest BCUT2D eigenvalue weighted by atomic mass is 9.94. The van der Waals surface area contributed by atoms with Gasteiger partial charge in [0.15, 0.2) is 0 Å². The van der Waals surface area contributed by atoms with Gasteiger partial charge in [-0.05, 0) is 37.1 Å². The minimum atomic E-state index is -1.50. The van der Waals surface area contributed by atoms with Crippen LogP contribution in [0.25, 0.3) is 0 Å². The number of hydrogen-bond acceptors (Lipinski definition) is 4. The Morgan fingerprint density at radius 1 is 1.28 bits per heavy atom. The second-order valence-electron chi connectivity index (χ2n) is 5.10. The molecule has 4 nitrogen and oxygen atoms in total. The summed E-state index contributed by atoms with van der Waals surface area (Å²) in [6.07, 6.45) is 7.37. The Morgan fingerprint density at radius 3 is 2.61 bits per heavy atom. The monoisotopic (exact) mass is 270 g/mol. The molecule has 1 saturated carbocycles. The van der Waals surface area contributed by atoms with Gasteiger partial charge in [0, 0.05) is 14.2 Å². The molecule has 0 aliphatic heterocycles. The van der Waals surface area contributed by atoms with Crippen molar-refractivity contribution in [2.75, 3.05) is 20.8 Å². The molecule has 1 fully saturated rings. The number of ether oxygens (including phenoxy) is 1. The molecule has 2 aliphatic carbocycles. The third kappa shape index (κ3) is 3.21. The highest BCUT2D eigenvalue weighted by atomic mass is 28.3. The first-order chi connectivity index (χ1) is 8.74. The molecule has 0 amide bonds. The van der Waals surface area contributed by atoms with Crippen molar-refractivity contribution in [3.8, 4) is 0 Å². The molecule has 0 radical (unpaired) electrons. The molecule has 0 heterocycles. The smallest absolute Gasteiger partial charge is 0.321 e. The van der Waals surface area contributed by atoms with Crippen LogP contribution in [0, 0.1) is 17.8 Å². The molecule has 0 N–H and O–H groups in total. The van der Waals surface area contributed by atoms with Gasteiger partial charge in [0.05, 0.1) is 12.5 Å². The summed E-state index contributed by atoms with van der Waals surface area (Å²) in [6.45, 7) is 0.493. The number of rotatable bonds is 7. The number of carbonyl (C=O) groups excluding carboxylic acids is 1. The normalized spacial score (nSPS) is 29.2. The average molecular weight is 270 g/mol. The van der Waals surface area contributed by atoms with Crippen LogP contribution in [0.2, 0.25) is 6.04 Å². The minimum Gasteiger partial charge on any atom is -0.465 e. The van der Waals surface area contributed by atoms with Gasteiger partial charge >= 0.3 is 15.3 Å². The molecule has 2 rings (SSSR count). The molecular formula is C13H22O4Si. The third-order valence-corrected chi connectivity index (χ3v) is 5.87. The molecular weight excluding hydrogens is 248 g/mol. The summed E-state index contributed by atoms with van der Waals surface area (Å²) in [4.78, 5) is 11.9. The van der Waals surface area contributed by atoms with Crippen molar-refractivity contribution in [3.63, 3.8) is 0 Å². The van der Waals surface area contributed by atoms with Gasteiger partial charge in [-0.25, -0.2) is 0 Å². The van der Waals surface area contributed by atoms with E-state index in [1.165, 1.54) is 0 Å². The number of hydrogen-bond donors (Lipinski definition) is 0. The van der Waals surface area contributed by atoms with Crippen LogP contribution in [0.3, 0.4) is 0 Å². The van der Waals surface area contributed by atoms with Crippen LogP contribution in [0.1, 0.15) is 19.3 Å². The van der Waals surface area contributed by atoms with E-state index in [4.69, 9.17) is 13.6 Å². The maximum absolute atomic E-state index is 11.9. The maximum atomic E-state index is 11.9. The van der Waals surface area contributed by atoms with Crippen molar-refractivity contribution < 1.29 is 18.4 Å². The quantitative estimate of drug-likeness (QED) is 0.305. The maximum Gasteiger partial charge on any atom is 0.321 e. The van der Waals surface area contributed by atoms with E-state index >= 15 is 0 Å². The zero-order chi connectivity index (χ0) is 13.0.